The highest BCUT2D eigenvalue weighted by molar-refractivity contribution is 6.33. The molecule has 0 radical (unpaired) electrons. The number of benzene rings is 1. The van der Waals surface area contributed by atoms with Crippen LogP contribution in [0, 0.1) is 0 Å². The number of nitrogens with two attached hydrogens (primary N) is 1. The van der Waals surface area contributed by atoms with Crippen molar-refractivity contribution in [3.63, 3.8) is 0 Å². The first-order chi connectivity index (χ1) is 7.34. The number of hydrogen-bond acceptors (Lipinski definition) is 1. The van der Waals surface area contributed by atoms with Gasteiger partial charge in [-0.15, -0.1) is 0 Å². The summed E-state index contributed by atoms with van der Waals surface area (Å²) in [5.41, 5.74) is 4.82. The van der Waals surface area contributed by atoms with Crippen molar-refractivity contribution in [3.8, 4) is 0 Å². The van der Waals surface area contributed by atoms with Gasteiger partial charge in [-0.25, -0.2) is 0 Å². The highest BCUT2D eigenvalue weighted by Crippen LogP contribution is 2.33. The predicted octanol–water partition coefficient (Wildman–Crippen LogP) is 2.72. The first-order valence-corrected chi connectivity index (χ1v) is 4.58. The van der Waals surface area contributed by atoms with Crippen LogP contribution in [0.4, 0.5) is 18.9 Å². The molecule has 0 fully saturated rings. The van der Waals surface area contributed by atoms with E-state index in [1.165, 1.54) is 13.1 Å². The second-order valence-corrected chi connectivity index (χ2v) is 3.33. The monoisotopic (exact) mass is 251 g/mol. The molecular weight excluding hydrogens is 243 g/mol. The minimum absolute atomic E-state index is 0.0681. The zero-order valence-corrected chi connectivity index (χ0v) is 9.02. The van der Waals surface area contributed by atoms with Crippen LogP contribution in [0.5, 0.6) is 0 Å². The molecule has 0 aromatic heterocycles. The SMILES string of the molecule is CN=C(N)Nc1ccc(C(F)(F)F)cc1Cl. The Hall–Kier alpha value is -1.43. The van der Waals surface area contributed by atoms with Crippen molar-refractivity contribution in [1.29, 1.82) is 0 Å². The maximum Gasteiger partial charge on any atom is 0.416 e. The summed E-state index contributed by atoms with van der Waals surface area (Å²) in [5, 5.41) is 2.50. The van der Waals surface area contributed by atoms with Crippen LogP contribution in [0.25, 0.3) is 0 Å². The first-order valence-electron chi connectivity index (χ1n) is 4.20. The lowest BCUT2D eigenvalue weighted by Gasteiger charge is -2.10. The molecule has 7 heteroatoms. The van der Waals surface area contributed by atoms with Crippen molar-refractivity contribution in [2.24, 2.45) is 10.7 Å². The number of hydrogen-bond donors (Lipinski definition) is 2. The van der Waals surface area contributed by atoms with Gasteiger partial charge in [0.1, 0.15) is 0 Å². The average molecular weight is 252 g/mol. The van der Waals surface area contributed by atoms with Gasteiger partial charge in [-0.2, -0.15) is 13.2 Å². The van der Waals surface area contributed by atoms with Gasteiger partial charge in [0.05, 0.1) is 16.3 Å². The molecule has 0 aliphatic heterocycles. The maximum absolute atomic E-state index is 12.3. The van der Waals surface area contributed by atoms with Gasteiger partial charge in [0.15, 0.2) is 5.96 Å². The number of anilines is 1. The van der Waals surface area contributed by atoms with E-state index in [1.807, 2.05) is 0 Å². The van der Waals surface area contributed by atoms with Crippen LogP contribution < -0.4 is 11.1 Å². The molecule has 0 bridgehead atoms. The lowest BCUT2D eigenvalue weighted by molar-refractivity contribution is -0.137. The Kier molecular flexibility index (Phi) is 3.64. The largest absolute Gasteiger partial charge is 0.416 e. The smallest absolute Gasteiger partial charge is 0.370 e. The van der Waals surface area contributed by atoms with Gasteiger partial charge in [-0.05, 0) is 18.2 Å². The molecule has 0 saturated heterocycles. The molecule has 1 aromatic rings. The number of rotatable bonds is 1. The molecule has 0 amide bonds. The average Bonchev–Trinajstić information content (AvgIpc) is 2.19. The normalized spacial score (nSPS) is 12.7. The summed E-state index contributed by atoms with van der Waals surface area (Å²) in [7, 11) is 1.44. The Morgan fingerprint density at radius 2 is 2.06 bits per heavy atom. The Labute approximate surface area is 95.1 Å². The van der Waals surface area contributed by atoms with Crippen molar-refractivity contribution in [3.05, 3.63) is 28.8 Å². The van der Waals surface area contributed by atoms with E-state index in [2.05, 4.69) is 10.3 Å². The van der Waals surface area contributed by atoms with Crippen LogP contribution in [0.15, 0.2) is 23.2 Å². The quantitative estimate of drug-likeness (QED) is 0.596. The van der Waals surface area contributed by atoms with E-state index in [0.29, 0.717) is 0 Å². The van der Waals surface area contributed by atoms with E-state index >= 15 is 0 Å². The Morgan fingerprint density at radius 3 is 2.50 bits per heavy atom. The zero-order chi connectivity index (χ0) is 12.3. The van der Waals surface area contributed by atoms with Gasteiger partial charge in [0.2, 0.25) is 0 Å². The van der Waals surface area contributed by atoms with Gasteiger partial charge >= 0.3 is 6.18 Å². The summed E-state index contributed by atoms with van der Waals surface area (Å²) < 4.78 is 36.9. The van der Waals surface area contributed by atoms with Crippen molar-refractivity contribution in [1.82, 2.24) is 0 Å². The highest BCUT2D eigenvalue weighted by Gasteiger charge is 2.30. The van der Waals surface area contributed by atoms with E-state index in [9.17, 15) is 13.2 Å². The molecule has 1 aromatic carbocycles. The molecule has 88 valence electrons. The van der Waals surface area contributed by atoms with Crippen LogP contribution in [-0.4, -0.2) is 13.0 Å². The Morgan fingerprint density at radius 1 is 1.44 bits per heavy atom. The van der Waals surface area contributed by atoms with Crippen molar-refractivity contribution < 1.29 is 13.2 Å². The molecule has 0 aliphatic carbocycles. The number of aliphatic imine (C=N–C) groups is 1. The molecule has 0 aliphatic rings. The highest BCUT2D eigenvalue weighted by atomic mass is 35.5. The molecule has 0 unspecified atom stereocenters. The molecular formula is C9H9ClF3N3. The lowest BCUT2D eigenvalue weighted by atomic mass is 10.2. The summed E-state index contributed by atoms with van der Waals surface area (Å²) in [6.07, 6.45) is -4.41. The number of nitrogens with zero attached hydrogens (tertiary/aromatic N) is 1. The number of halogens is 4. The molecule has 0 atom stereocenters. The van der Waals surface area contributed by atoms with Gasteiger partial charge in [-0.3, -0.25) is 4.99 Å². The van der Waals surface area contributed by atoms with Gasteiger partial charge in [0.25, 0.3) is 0 Å². The second-order valence-electron chi connectivity index (χ2n) is 2.93. The van der Waals surface area contributed by atoms with E-state index < -0.39 is 11.7 Å². The second kappa shape index (κ2) is 4.61. The number of guanidine groups is 1. The lowest BCUT2D eigenvalue weighted by Crippen LogP contribution is -2.22. The van der Waals surface area contributed by atoms with Crippen LogP contribution in [-0.2, 0) is 6.18 Å². The fourth-order valence-corrected chi connectivity index (χ4v) is 1.21. The van der Waals surface area contributed by atoms with Crippen molar-refractivity contribution in [2.75, 3.05) is 12.4 Å². The van der Waals surface area contributed by atoms with E-state index in [0.717, 1.165) is 12.1 Å². The maximum atomic E-state index is 12.3. The Balaban J connectivity index is 3.01. The van der Waals surface area contributed by atoms with Crippen LogP contribution in [0.3, 0.4) is 0 Å². The molecule has 0 spiro atoms. The molecule has 1 rings (SSSR count). The third-order valence-electron chi connectivity index (χ3n) is 1.80. The van der Waals surface area contributed by atoms with Crippen LogP contribution >= 0.6 is 11.6 Å². The summed E-state index contributed by atoms with van der Waals surface area (Å²) in [5.74, 6) is 0.0710. The summed E-state index contributed by atoms with van der Waals surface area (Å²) >= 11 is 5.66. The fourth-order valence-electron chi connectivity index (χ4n) is 0.987. The molecule has 0 saturated carbocycles. The Bertz CT molecular complexity index is 415. The summed E-state index contributed by atoms with van der Waals surface area (Å²) in [6.45, 7) is 0. The molecule has 3 nitrogen and oxygen atoms in total. The molecule has 0 heterocycles. The first kappa shape index (κ1) is 12.6. The summed E-state index contributed by atoms with van der Waals surface area (Å²) in [4.78, 5) is 3.60. The predicted molar refractivity (Wildman–Crippen MR) is 57.6 cm³/mol. The fraction of sp³-hybridized carbons (Fsp3) is 0.222. The van der Waals surface area contributed by atoms with Crippen LogP contribution in [0.2, 0.25) is 5.02 Å². The van der Waals surface area contributed by atoms with Crippen molar-refractivity contribution in [2.45, 2.75) is 6.18 Å². The number of nitrogens with one attached hydrogen (secondary N) is 1. The van der Waals surface area contributed by atoms with E-state index in [-0.39, 0.29) is 16.7 Å². The van der Waals surface area contributed by atoms with Gasteiger partial charge in [0, 0.05) is 7.05 Å². The topological polar surface area (TPSA) is 50.4 Å². The molecule has 16 heavy (non-hydrogen) atoms. The van der Waals surface area contributed by atoms with Gasteiger partial charge in [-0.1, -0.05) is 11.6 Å². The van der Waals surface area contributed by atoms with Crippen molar-refractivity contribution >= 4 is 23.2 Å². The van der Waals surface area contributed by atoms with Gasteiger partial charge < -0.3 is 11.1 Å². The summed E-state index contributed by atoms with van der Waals surface area (Å²) in [6, 6.07) is 2.94. The zero-order valence-electron chi connectivity index (χ0n) is 8.27. The number of alkyl halides is 3. The molecule has 3 N–H and O–H groups in total. The minimum atomic E-state index is -4.41. The third-order valence-corrected chi connectivity index (χ3v) is 2.11. The minimum Gasteiger partial charge on any atom is -0.370 e. The van der Waals surface area contributed by atoms with Crippen LogP contribution in [0.1, 0.15) is 5.56 Å². The van der Waals surface area contributed by atoms with E-state index in [4.69, 9.17) is 17.3 Å². The third kappa shape index (κ3) is 3.03. The standard InChI is InChI=1S/C9H9ClF3N3/c1-15-8(14)16-7-3-2-5(4-6(7)10)9(11,12)13/h2-4H,1H3,(H3,14,15,16). The van der Waals surface area contributed by atoms with E-state index in [1.54, 1.807) is 0 Å².